The van der Waals surface area contributed by atoms with Crippen LogP contribution in [0.3, 0.4) is 0 Å². The van der Waals surface area contributed by atoms with Crippen LogP contribution in [0.2, 0.25) is 0 Å². The Bertz CT molecular complexity index is 826. The fraction of sp³-hybridized carbons (Fsp3) is 0.500. The van der Waals surface area contributed by atoms with E-state index in [9.17, 15) is 9.59 Å². The fourth-order valence-corrected chi connectivity index (χ4v) is 3.79. The van der Waals surface area contributed by atoms with Crippen molar-refractivity contribution in [3.05, 3.63) is 30.6 Å². The Morgan fingerprint density at radius 2 is 1.93 bits per heavy atom. The summed E-state index contributed by atoms with van der Waals surface area (Å²) in [6, 6.07) is 5.69. The molecule has 1 aromatic carbocycles. The SMILES string of the molecule is O=C1CCC(n2cc3ccc(OCCCN4CCNCC4)cc3c2)C(=O)N1. The Morgan fingerprint density at radius 1 is 1.11 bits per heavy atom. The highest BCUT2D eigenvalue weighted by molar-refractivity contribution is 5.99. The van der Waals surface area contributed by atoms with Crippen molar-refractivity contribution in [2.45, 2.75) is 25.3 Å². The summed E-state index contributed by atoms with van der Waals surface area (Å²) in [6.45, 7) is 6.13. The predicted molar refractivity (Wildman–Crippen MR) is 103 cm³/mol. The topological polar surface area (TPSA) is 75.6 Å². The molecular weight excluding hydrogens is 344 g/mol. The number of ether oxygens (including phenoxy) is 1. The molecule has 7 heteroatoms. The van der Waals surface area contributed by atoms with E-state index in [0.29, 0.717) is 19.4 Å². The summed E-state index contributed by atoms with van der Waals surface area (Å²) in [4.78, 5) is 25.9. The molecule has 1 unspecified atom stereocenters. The number of aromatic nitrogens is 1. The van der Waals surface area contributed by atoms with E-state index in [1.54, 1.807) is 0 Å². The molecular formula is C20H26N4O3. The minimum absolute atomic E-state index is 0.190. The van der Waals surface area contributed by atoms with E-state index >= 15 is 0 Å². The van der Waals surface area contributed by atoms with Gasteiger partial charge in [-0.05, 0) is 36.4 Å². The molecule has 0 aliphatic carbocycles. The van der Waals surface area contributed by atoms with Crippen molar-refractivity contribution in [3.63, 3.8) is 0 Å². The molecule has 3 heterocycles. The normalized spacial score (nSPS) is 21.4. The average molecular weight is 370 g/mol. The minimum atomic E-state index is -0.321. The van der Waals surface area contributed by atoms with Gasteiger partial charge in [-0.3, -0.25) is 14.9 Å². The lowest BCUT2D eigenvalue weighted by atomic mass is 10.1. The number of nitrogens with zero attached hydrogens (tertiary/aromatic N) is 2. The summed E-state index contributed by atoms with van der Waals surface area (Å²) in [5, 5.41) is 7.88. The Labute approximate surface area is 158 Å². The summed E-state index contributed by atoms with van der Waals surface area (Å²) in [5.74, 6) is 0.434. The first-order chi connectivity index (χ1) is 13.2. The van der Waals surface area contributed by atoms with Gasteiger partial charge in [0, 0.05) is 56.9 Å². The van der Waals surface area contributed by atoms with E-state index in [4.69, 9.17) is 4.74 Å². The van der Waals surface area contributed by atoms with Crippen molar-refractivity contribution in [3.8, 4) is 5.75 Å². The highest BCUT2D eigenvalue weighted by atomic mass is 16.5. The predicted octanol–water partition coefficient (Wildman–Crippen LogP) is 1.29. The number of carbonyl (C=O) groups is 2. The van der Waals surface area contributed by atoms with E-state index in [1.807, 2.05) is 35.2 Å². The largest absolute Gasteiger partial charge is 0.494 e. The van der Waals surface area contributed by atoms with Crippen LogP contribution in [-0.4, -0.2) is 60.6 Å². The number of carbonyl (C=O) groups excluding carboxylic acids is 2. The Balaban J connectivity index is 1.34. The van der Waals surface area contributed by atoms with Gasteiger partial charge < -0.3 is 19.5 Å². The van der Waals surface area contributed by atoms with Gasteiger partial charge in [-0.15, -0.1) is 0 Å². The monoisotopic (exact) mass is 370 g/mol. The molecule has 144 valence electrons. The number of benzene rings is 1. The highest BCUT2D eigenvalue weighted by Gasteiger charge is 2.27. The zero-order valence-corrected chi connectivity index (χ0v) is 15.4. The van der Waals surface area contributed by atoms with Gasteiger partial charge in [0.1, 0.15) is 11.8 Å². The van der Waals surface area contributed by atoms with Gasteiger partial charge in [0.25, 0.3) is 0 Å². The molecule has 0 saturated carbocycles. The summed E-state index contributed by atoms with van der Waals surface area (Å²) in [7, 11) is 0. The lowest BCUT2D eigenvalue weighted by molar-refractivity contribution is -0.135. The third-order valence-electron chi connectivity index (χ3n) is 5.30. The maximum absolute atomic E-state index is 12.1. The zero-order chi connectivity index (χ0) is 18.6. The smallest absolute Gasteiger partial charge is 0.249 e. The Morgan fingerprint density at radius 3 is 2.74 bits per heavy atom. The number of piperazine rings is 1. The van der Waals surface area contributed by atoms with Gasteiger partial charge in [0.05, 0.1) is 6.61 Å². The highest BCUT2D eigenvalue weighted by Crippen LogP contribution is 2.26. The van der Waals surface area contributed by atoms with Crippen molar-refractivity contribution in [1.29, 1.82) is 0 Å². The number of imide groups is 1. The van der Waals surface area contributed by atoms with E-state index in [2.05, 4.69) is 15.5 Å². The molecule has 2 aliphatic rings. The van der Waals surface area contributed by atoms with Crippen LogP contribution in [0.1, 0.15) is 25.3 Å². The molecule has 2 fully saturated rings. The third kappa shape index (κ3) is 4.31. The number of hydrogen-bond donors (Lipinski definition) is 2. The standard InChI is InChI=1S/C20H26N4O3/c25-19-5-4-18(20(26)22-19)24-13-15-2-3-17(12-16(15)14-24)27-11-1-8-23-9-6-21-7-10-23/h2-3,12-14,18,21H,1,4-11H2,(H,22,25,26). The summed E-state index contributed by atoms with van der Waals surface area (Å²) < 4.78 is 7.82. The van der Waals surface area contributed by atoms with Crippen molar-refractivity contribution in [2.75, 3.05) is 39.3 Å². The molecule has 7 nitrogen and oxygen atoms in total. The second-order valence-corrected chi connectivity index (χ2v) is 7.26. The maximum Gasteiger partial charge on any atom is 0.249 e. The number of nitrogens with one attached hydrogen (secondary N) is 2. The summed E-state index contributed by atoms with van der Waals surface area (Å²) >= 11 is 0. The molecule has 0 bridgehead atoms. The molecule has 0 spiro atoms. The third-order valence-corrected chi connectivity index (χ3v) is 5.30. The molecule has 2 amide bonds. The quantitative estimate of drug-likeness (QED) is 0.592. The van der Waals surface area contributed by atoms with Gasteiger partial charge in [-0.1, -0.05) is 0 Å². The van der Waals surface area contributed by atoms with Crippen LogP contribution >= 0.6 is 0 Å². The van der Waals surface area contributed by atoms with Crippen LogP contribution in [0.15, 0.2) is 30.6 Å². The second-order valence-electron chi connectivity index (χ2n) is 7.26. The first kappa shape index (κ1) is 18.0. The van der Waals surface area contributed by atoms with E-state index in [-0.39, 0.29) is 17.9 Å². The van der Waals surface area contributed by atoms with E-state index < -0.39 is 0 Å². The van der Waals surface area contributed by atoms with Crippen molar-refractivity contribution in [1.82, 2.24) is 20.1 Å². The van der Waals surface area contributed by atoms with Crippen molar-refractivity contribution >= 4 is 22.6 Å². The lowest BCUT2D eigenvalue weighted by Gasteiger charge is -2.26. The number of amides is 2. The summed E-state index contributed by atoms with van der Waals surface area (Å²) in [5.41, 5.74) is 0. The van der Waals surface area contributed by atoms with Gasteiger partial charge in [0.15, 0.2) is 0 Å². The molecule has 1 aromatic heterocycles. The van der Waals surface area contributed by atoms with Crippen LogP contribution in [0.25, 0.3) is 10.8 Å². The van der Waals surface area contributed by atoms with Gasteiger partial charge in [-0.25, -0.2) is 0 Å². The molecule has 0 radical (unpaired) electrons. The number of fused-ring (bicyclic) bond motifs is 1. The molecule has 4 rings (SSSR count). The van der Waals surface area contributed by atoms with Crippen LogP contribution in [0.4, 0.5) is 0 Å². The van der Waals surface area contributed by atoms with Crippen LogP contribution in [0, 0.1) is 0 Å². The zero-order valence-electron chi connectivity index (χ0n) is 15.4. The minimum Gasteiger partial charge on any atom is -0.494 e. The number of piperidine rings is 1. The maximum atomic E-state index is 12.1. The van der Waals surface area contributed by atoms with Gasteiger partial charge >= 0.3 is 0 Å². The molecule has 2 aliphatic heterocycles. The Kier molecular flexibility index (Phi) is 5.40. The average Bonchev–Trinajstić information content (AvgIpc) is 3.09. The van der Waals surface area contributed by atoms with Gasteiger partial charge in [0.2, 0.25) is 11.8 Å². The van der Waals surface area contributed by atoms with E-state index in [1.165, 1.54) is 0 Å². The van der Waals surface area contributed by atoms with E-state index in [0.717, 1.165) is 55.7 Å². The molecule has 2 aromatic rings. The second kappa shape index (κ2) is 8.10. The summed E-state index contributed by atoms with van der Waals surface area (Å²) in [6.07, 6.45) is 5.86. The van der Waals surface area contributed by atoms with Crippen molar-refractivity contribution < 1.29 is 14.3 Å². The lowest BCUT2D eigenvalue weighted by Crippen LogP contribution is -2.43. The van der Waals surface area contributed by atoms with Crippen LogP contribution in [-0.2, 0) is 9.59 Å². The van der Waals surface area contributed by atoms with Crippen LogP contribution < -0.4 is 15.4 Å². The molecule has 27 heavy (non-hydrogen) atoms. The fourth-order valence-electron chi connectivity index (χ4n) is 3.79. The first-order valence-corrected chi connectivity index (χ1v) is 9.70. The number of rotatable bonds is 6. The van der Waals surface area contributed by atoms with Crippen LogP contribution in [0.5, 0.6) is 5.75 Å². The first-order valence-electron chi connectivity index (χ1n) is 9.70. The molecule has 2 N–H and O–H groups in total. The molecule has 1 atom stereocenters. The number of hydrogen-bond acceptors (Lipinski definition) is 5. The Hall–Kier alpha value is -2.38. The van der Waals surface area contributed by atoms with Gasteiger partial charge in [-0.2, -0.15) is 0 Å². The molecule has 2 saturated heterocycles. The van der Waals surface area contributed by atoms with Crippen molar-refractivity contribution in [2.24, 2.45) is 0 Å².